The van der Waals surface area contributed by atoms with E-state index in [9.17, 15) is 0 Å². The van der Waals surface area contributed by atoms with Gasteiger partial charge in [0.25, 0.3) is 0 Å². The van der Waals surface area contributed by atoms with Crippen molar-refractivity contribution in [2.75, 3.05) is 5.32 Å². The molecule has 1 aromatic carbocycles. The average molecular weight is 254 g/mol. The van der Waals surface area contributed by atoms with Gasteiger partial charge < -0.3 is 5.32 Å². The fourth-order valence-corrected chi connectivity index (χ4v) is 2.34. The van der Waals surface area contributed by atoms with Crippen LogP contribution in [0.3, 0.4) is 0 Å². The maximum absolute atomic E-state index is 6.18. The van der Waals surface area contributed by atoms with Crippen LogP contribution in [0.1, 0.15) is 40.5 Å². The van der Waals surface area contributed by atoms with Crippen LogP contribution in [0.15, 0.2) is 24.3 Å². The standard InChI is InChI=1S/C15H24ClN/c1-11(2)9-13(10-12(3)4)17-15-8-6-5-7-14(15)16/h5-8,11-13,17H,9-10H2,1-4H3. The van der Waals surface area contributed by atoms with E-state index in [1.165, 1.54) is 12.8 Å². The molecule has 0 aliphatic heterocycles. The smallest absolute Gasteiger partial charge is 0.0637 e. The molecule has 0 unspecified atom stereocenters. The van der Waals surface area contributed by atoms with E-state index >= 15 is 0 Å². The molecule has 0 saturated carbocycles. The number of hydrogen-bond acceptors (Lipinski definition) is 1. The summed E-state index contributed by atoms with van der Waals surface area (Å²) in [4.78, 5) is 0. The Balaban J connectivity index is 2.68. The molecule has 17 heavy (non-hydrogen) atoms. The van der Waals surface area contributed by atoms with Gasteiger partial charge in [-0.25, -0.2) is 0 Å². The highest BCUT2D eigenvalue weighted by Gasteiger charge is 2.13. The normalized spacial score (nSPS) is 11.5. The maximum Gasteiger partial charge on any atom is 0.0637 e. The molecular formula is C15H24ClN. The molecular weight excluding hydrogens is 230 g/mol. The van der Waals surface area contributed by atoms with Gasteiger partial charge in [-0.1, -0.05) is 51.4 Å². The summed E-state index contributed by atoms with van der Waals surface area (Å²) in [6, 6.07) is 8.49. The summed E-state index contributed by atoms with van der Waals surface area (Å²) in [5.74, 6) is 1.41. The summed E-state index contributed by atoms with van der Waals surface area (Å²) in [7, 11) is 0. The zero-order chi connectivity index (χ0) is 12.8. The van der Waals surface area contributed by atoms with Crippen LogP contribution in [-0.2, 0) is 0 Å². The van der Waals surface area contributed by atoms with Gasteiger partial charge in [-0.15, -0.1) is 0 Å². The number of halogens is 1. The van der Waals surface area contributed by atoms with Gasteiger partial charge in [0.1, 0.15) is 0 Å². The first kappa shape index (κ1) is 14.4. The molecule has 1 rings (SSSR count). The van der Waals surface area contributed by atoms with Crippen molar-refractivity contribution in [1.82, 2.24) is 0 Å². The Morgan fingerprint density at radius 2 is 1.53 bits per heavy atom. The molecule has 1 N–H and O–H groups in total. The Morgan fingerprint density at radius 1 is 1.00 bits per heavy atom. The van der Waals surface area contributed by atoms with E-state index in [1.54, 1.807) is 0 Å². The fourth-order valence-electron chi connectivity index (χ4n) is 2.15. The number of anilines is 1. The SMILES string of the molecule is CC(C)CC(CC(C)C)Nc1ccccc1Cl. The lowest BCUT2D eigenvalue weighted by atomic mass is 9.95. The van der Waals surface area contributed by atoms with Gasteiger partial charge in [0, 0.05) is 6.04 Å². The predicted octanol–water partition coefficient (Wildman–Crippen LogP) is 5.21. The Kier molecular flexibility index (Phi) is 5.84. The molecule has 0 radical (unpaired) electrons. The molecule has 0 spiro atoms. The Hall–Kier alpha value is -0.690. The molecule has 0 aromatic heterocycles. The largest absolute Gasteiger partial charge is 0.381 e. The van der Waals surface area contributed by atoms with E-state index in [0.717, 1.165) is 10.7 Å². The van der Waals surface area contributed by atoms with Crippen molar-refractivity contribution >= 4 is 17.3 Å². The third-order valence-corrected chi connectivity index (χ3v) is 3.07. The van der Waals surface area contributed by atoms with Gasteiger partial charge in [0.15, 0.2) is 0 Å². The van der Waals surface area contributed by atoms with E-state index < -0.39 is 0 Å². The topological polar surface area (TPSA) is 12.0 Å². The molecule has 0 aliphatic rings. The maximum atomic E-state index is 6.18. The van der Waals surface area contributed by atoms with Crippen LogP contribution in [0.4, 0.5) is 5.69 Å². The Bertz CT molecular complexity index is 323. The molecule has 0 atom stereocenters. The van der Waals surface area contributed by atoms with E-state index in [1.807, 2.05) is 18.2 Å². The molecule has 2 heteroatoms. The van der Waals surface area contributed by atoms with Gasteiger partial charge in [-0.05, 0) is 36.8 Å². The highest BCUT2D eigenvalue weighted by atomic mass is 35.5. The van der Waals surface area contributed by atoms with Crippen LogP contribution in [0.2, 0.25) is 5.02 Å². The van der Waals surface area contributed by atoms with Crippen molar-refractivity contribution in [2.24, 2.45) is 11.8 Å². The molecule has 0 fully saturated rings. The second-order valence-corrected chi connectivity index (χ2v) is 5.99. The van der Waals surface area contributed by atoms with Gasteiger partial charge in [0.05, 0.1) is 10.7 Å². The van der Waals surface area contributed by atoms with Crippen molar-refractivity contribution in [1.29, 1.82) is 0 Å². The lowest BCUT2D eigenvalue weighted by Crippen LogP contribution is -2.23. The lowest BCUT2D eigenvalue weighted by Gasteiger charge is -2.24. The number of rotatable bonds is 6. The van der Waals surface area contributed by atoms with E-state index in [-0.39, 0.29) is 0 Å². The third kappa shape index (κ3) is 5.45. The Labute approximate surface area is 111 Å². The van der Waals surface area contributed by atoms with Crippen LogP contribution in [-0.4, -0.2) is 6.04 Å². The van der Waals surface area contributed by atoms with Crippen LogP contribution in [0.5, 0.6) is 0 Å². The quantitative estimate of drug-likeness (QED) is 0.734. The fraction of sp³-hybridized carbons (Fsp3) is 0.600. The van der Waals surface area contributed by atoms with Gasteiger partial charge in [-0.2, -0.15) is 0 Å². The Morgan fingerprint density at radius 3 is 2.00 bits per heavy atom. The minimum atomic E-state index is 0.509. The number of benzene rings is 1. The van der Waals surface area contributed by atoms with Crippen LogP contribution in [0.25, 0.3) is 0 Å². The summed E-state index contributed by atoms with van der Waals surface area (Å²) < 4.78 is 0. The minimum absolute atomic E-state index is 0.509. The highest BCUT2D eigenvalue weighted by molar-refractivity contribution is 6.33. The van der Waals surface area contributed by atoms with Crippen LogP contribution >= 0.6 is 11.6 Å². The predicted molar refractivity (Wildman–Crippen MR) is 77.8 cm³/mol. The zero-order valence-corrected chi connectivity index (χ0v) is 12.1. The molecule has 0 bridgehead atoms. The first-order valence-corrected chi connectivity index (χ1v) is 6.88. The second kappa shape index (κ2) is 6.90. The van der Waals surface area contributed by atoms with Gasteiger partial charge in [0.2, 0.25) is 0 Å². The second-order valence-electron chi connectivity index (χ2n) is 5.58. The number of hydrogen-bond donors (Lipinski definition) is 1. The number of para-hydroxylation sites is 1. The van der Waals surface area contributed by atoms with Crippen molar-refractivity contribution < 1.29 is 0 Å². The monoisotopic (exact) mass is 253 g/mol. The van der Waals surface area contributed by atoms with Crippen molar-refractivity contribution in [3.05, 3.63) is 29.3 Å². The summed E-state index contributed by atoms with van der Waals surface area (Å²) >= 11 is 6.18. The number of nitrogens with one attached hydrogen (secondary N) is 1. The van der Waals surface area contributed by atoms with Gasteiger partial charge in [-0.3, -0.25) is 0 Å². The zero-order valence-electron chi connectivity index (χ0n) is 11.3. The summed E-state index contributed by atoms with van der Waals surface area (Å²) in [6.07, 6.45) is 2.37. The first-order chi connectivity index (χ1) is 7.99. The summed E-state index contributed by atoms with van der Waals surface area (Å²) in [6.45, 7) is 9.06. The van der Waals surface area contributed by atoms with E-state index in [0.29, 0.717) is 17.9 Å². The van der Waals surface area contributed by atoms with Crippen LogP contribution in [0, 0.1) is 11.8 Å². The minimum Gasteiger partial charge on any atom is -0.381 e. The van der Waals surface area contributed by atoms with Crippen molar-refractivity contribution in [2.45, 2.75) is 46.6 Å². The van der Waals surface area contributed by atoms with Crippen molar-refractivity contribution in [3.63, 3.8) is 0 Å². The van der Waals surface area contributed by atoms with Gasteiger partial charge >= 0.3 is 0 Å². The third-order valence-electron chi connectivity index (χ3n) is 2.75. The molecule has 0 saturated heterocycles. The molecule has 1 aromatic rings. The van der Waals surface area contributed by atoms with Crippen molar-refractivity contribution in [3.8, 4) is 0 Å². The first-order valence-electron chi connectivity index (χ1n) is 6.50. The molecule has 1 nitrogen and oxygen atoms in total. The molecule has 0 amide bonds. The van der Waals surface area contributed by atoms with Crippen LogP contribution < -0.4 is 5.32 Å². The average Bonchev–Trinajstić information content (AvgIpc) is 2.19. The highest BCUT2D eigenvalue weighted by Crippen LogP contribution is 2.24. The molecule has 96 valence electrons. The summed E-state index contributed by atoms with van der Waals surface area (Å²) in [5.41, 5.74) is 1.06. The molecule has 0 heterocycles. The molecule has 0 aliphatic carbocycles. The van der Waals surface area contributed by atoms with E-state index in [2.05, 4.69) is 39.1 Å². The van der Waals surface area contributed by atoms with E-state index in [4.69, 9.17) is 11.6 Å². The lowest BCUT2D eigenvalue weighted by molar-refractivity contribution is 0.442. The summed E-state index contributed by atoms with van der Waals surface area (Å²) in [5, 5.41) is 4.39.